The molecule has 0 bridgehead atoms. The first kappa shape index (κ1) is 12.5. The van der Waals surface area contributed by atoms with Gasteiger partial charge < -0.3 is 0 Å². The van der Waals surface area contributed by atoms with Gasteiger partial charge in [0, 0.05) is 5.92 Å². The van der Waals surface area contributed by atoms with E-state index in [9.17, 15) is 5.26 Å². The van der Waals surface area contributed by atoms with Gasteiger partial charge in [-0.2, -0.15) is 5.26 Å². The molecule has 2 atom stereocenters. The van der Waals surface area contributed by atoms with Gasteiger partial charge in [0.15, 0.2) is 0 Å². The molecule has 0 saturated carbocycles. The van der Waals surface area contributed by atoms with Gasteiger partial charge >= 0.3 is 0 Å². The van der Waals surface area contributed by atoms with Crippen LogP contribution < -0.4 is 0 Å². The van der Waals surface area contributed by atoms with Crippen LogP contribution in [0.2, 0.25) is 10.0 Å². The van der Waals surface area contributed by atoms with E-state index in [1.165, 1.54) is 5.56 Å². The van der Waals surface area contributed by atoms with Crippen molar-refractivity contribution in [1.29, 1.82) is 5.26 Å². The number of hydrogen-bond donors (Lipinski definition) is 0. The fourth-order valence-corrected chi connectivity index (χ4v) is 3.28. The Balaban J connectivity index is 2.14. The molecule has 1 aliphatic rings. The van der Waals surface area contributed by atoms with Crippen LogP contribution in [0, 0.1) is 11.3 Å². The normalized spacial score (nSPS) is 20.9. The van der Waals surface area contributed by atoms with Gasteiger partial charge in [-0.1, -0.05) is 59.6 Å². The van der Waals surface area contributed by atoms with Gasteiger partial charge in [-0.05, 0) is 29.2 Å². The first-order chi connectivity index (χ1) is 9.22. The van der Waals surface area contributed by atoms with E-state index < -0.39 is 0 Å². The van der Waals surface area contributed by atoms with Crippen molar-refractivity contribution in [1.82, 2.24) is 0 Å². The zero-order valence-corrected chi connectivity index (χ0v) is 11.6. The van der Waals surface area contributed by atoms with Gasteiger partial charge in [0.25, 0.3) is 0 Å². The molecule has 2 unspecified atom stereocenters. The highest BCUT2D eigenvalue weighted by Gasteiger charge is 2.32. The SMILES string of the molecule is N#CC1CC(c2cccc(Cl)c2Cl)c2ccccc21. The van der Waals surface area contributed by atoms with Crippen LogP contribution in [-0.2, 0) is 0 Å². The fourth-order valence-electron chi connectivity index (χ4n) is 2.84. The summed E-state index contributed by atoms with van der Waals surface area (Å²) >= 11 is 12.4. The molecule has 3 rings (SSSR count). The average Bonchev–Trinajstić information content (AvgIpc) is 2.81. The minimum Gasteiger partial charge on any atom is -0.198 e. The Morgan fingerprint density at radius 2 is 1.63 bits per heavy atom. The smallest absolute Gasteiger partial charge is 0.0724 e. The van der Waals surface area contributed by atoms with Crippen molar-refractivity contribution in [3.8, 4) is 6.07 Å². The van der Waals surface area contributed by atoms with Crippen LogP contribution in [0.3, 0.4) is 0 Å². The third kappa shape index (κ3) is 2.02. The monoisotopic (exact) mass is 287 g/mol. The second-order valence-corrected chi connectivity index (χ2v) is 5.53. The molecule has 0 N–H and O–H groups in total. The van der Waals surface area contributed by atoms with Crippen molar-refractivity contribution < 1.29 is 0 Å². The van der Waals surface area contributed by atoms with E-state index in [0.29, 0.717) is 10.0 Å². The summed E-state index contributed by atoms with van der Waals surface area (Å²) < 4.78 is 0. The number of hydrogen-bond acceptors (Lipinski definition) is 1. The Kier molecular flexibility index (Phi) is 3.22. The first-order valence-corrected chi connectivity index (χ1v) is 6.90. The van der Waals surface area contributed by atoms with Crippen LogP contribution in [0.5, 0.6) is 0 Å². The summed E-state index contributed by atoms with van der Waals surface area (Å²) in [5.41, 5.74) is 3.32. The minimum absolute atomic E-state index is 0.0590. The second kappa shape index (κ2) is 4.89. The van der Waals surface area contributed by atoms with E-state index in [1.54, 1.807) is 6.07 Å². The Bertz CT molecular complexity index is 673. The van der Waals surface area contributed by atoms with E-state index in [4.69, 9.17) is 23.2 Å². The molecule has 19 heavy (non-hydrogen) atoms. The molecule has 2 aromatic carbocycles. The van der Waals surface area contributed by atoms with Crippen LogP contribution >= 0.6 is 23.2 Å². The Morgan fingerprint density at radius 1 is 0.947 bits per heavy atom. The third-order valence-corrected chi connectivity index (χ3v) is 4.56. The van der Waals surface area contributed by atoms with E-state index in [2.05, 4.69) is 12.1 Å². The van der Waals surface area contributed by atoms with Crippen LogP contribution in [0.15, 0.2) is 42.5 Å². The molecule has 0 aromatic heterocycles. The summed E-state index contributed by atoms with van der Waals surface area (Å²) in [5, 5.41) is 10.5. The number of benzene rings is 2. The van der Waals surface area contributed by atoms with Crippen molar-refractivity contribution >= 4 is 23.2 Å². The summed E-state index contributed by atoms with van der Waals surface area (Å²) in [6.07, 6.45) is 0.774. The van der Waals surface area contributed by atoms with Gasteiger partial charge in [0.2, 0.25) is 0 Å². The molecular formula is C16H11Cl2N. The molecule has 0 aliphatic heterocycles. The molecule has 2 aromatic rings. The fraction of sp³-hybridized carbons (Fsp3) is 0.188. The molecule has 1 nitrogen and oxygen atoms in total. The molecule has 0 radical (unpaired) electrons. The Morgan fingerprint density at radius 3 is 2.37 bits per heavy atom. The number of rotatable bonds is 1. The lowest BCUT2D eigenvalue weighted by atomic mass is 9.93. The van der Waals surface area contributed by atoms with Crippen LogP contribution in [0.1, 0.15) is 34.9 Å². The van der Waals surface area contributed by atoms with E-state index in [0.717, 1.165) is 17.5 Å². The van der Waals surface area contributed by atoms with Crippen molar-refractivity contribution in [3.63, 3.8) is 0 Å². The molecule has 3 heteroatoms. The lowest BCUT2D eigenvalue weighted by Gasteiger charge is -2.14. The Labute approximate surface area is 122 Å². The molecule has 0 spiro atoms. The van der Waals surface area contributed by atoms with Crippen LogP contribution in [0.25, 0.3) is 0 Å². The van der Waals surface area contributed by atoms with Crippen molar-refractivity contribution in [3.05, 3.63) is 69.2 Å². The predicted octanol–water partition coefficient (Wildman–Crippen LogP) is 5.14. The maximum Gasteiger partial charge on any atom is 0.0724 e. The highest BCUT2D eigenvalue weighted by Crippen LogP contribution is 2.47. The molecule has 0 amide bonds. The third-order valence-electron chi connectivity index (χ3n) is 3.73. The average molecular weight is 288 g/mol. The zero-order chi connectivity index (χ0) is 13.4. The summed E-state index contributed by atoms with van der Waals surface area (Å²) in [4.78, 5) is 0. The maximum atomic E-state index is 9.29. The molecule has 94 valence electrons. The van der Waals surface area contributed by atoms with Crippen molar-refractivity contribution in [2.24, 2.45) is 0 Å². The second-order valence-electron chi connectivity index (χ2n) is 4.74. The zero-order valence-electron chi connectivity index (χ0n) is 10.1. The van der Waals surface area contributed by atoms with Gasteiger partial charge in [0.05, 0.1) is 22.0 Å². The lowest BCUT2D eigenvalue weighted by Crippen LogP contribution is -1.97. The number of nitrogens with zero attached hydrogens (tertiary/aromatic N) is 1. The lowest BCUT2D eigenvalue weighted by molar-refractivity contribution is 0.739. The summed E-state index contributed by atoms with van der Waals surface area (Å²) in [6, 6.07) is 16.2. The summed E-state index contributed by atoms with van der Waals surface area (Å²) in [5.74, 6) is 0.100. The van der Waals surface area contributed by atoms with Crippen LogP contribution in [-0.4, -0.2) is 0 Å². The van der Waals surface area contributed by atoms with Gasteiger partial charge in [-0.3, -0.25) is 0 Å². The number of nitriles is 1. The summed E-state index contributed by atoms with van der Waals surface area (Å²) in [7, 11) is 0. The topological polar surface area (TPSA) is 23.8 Å². The predicted molar refractivity (Wildman–Crippen MR) is 77.7 cm³/mol. The van der Waals surface area contributed by atoms with E-state index in [1.807, 2.05) is 30.3 Å². The van der Waals surface area contributed by atoms with Crippen molar-refractivity contribution in [2.75, 3.05) is 0 Å². The summed E-state index contributed by atoms with van der Waals surface area (Å²) in [6.45, 7) is 0. The molecule has 0 fully saturated rings. The first-order valence-electron chi connectivity index (χ1n) is 6.14. The van der Waals surface area contributed by atoms with Gasteiger partial charge in [-0.15, -0.1) is 0 Å². The minimum atomic E-state index is -0.0590. The van der Waals surface area contributed by atoms with Crippen molar-refractivity contribution in [2.45, 2.75) is 18.3 Å². The largest absolute Gasteiger partial charge is 0.198 e. The highest BCUT2D eigenvalue weighted by atomic mass is 35.5. The quantitative estimate of drug-likeness (QED) is 0.713. The van der Waals surface area contributed by atoms with E-state index in [-0.39, 0.29) is 11.8 Å². The number of halogens is 2. The molecule has 0 heterocycles. The highest BCUT2D eigenvalue weighted by molar-refractivity contribution is 6.42. The standard InChI is InChI=1S/C16H11Cl2N/c17-15-7-3-6-13(16(15)18)14-8-10(9-19)11-4-1-2-5-12(11)14/h1-7,10,14H,8H2. The Hall–Kier alpha value is -1.49. The number of fused-ring (bicyclic) bond motifs is 1. The molecule has 0 saturated heterocycles. The molecular weight excluding hydrogens is 277 g/mol. The maximum absolute atomic E-state index is 9.29. The molecule has 1 aliphatic carbocycles. The van der Waals surface area contributed by atoms with E-state index >= 15 is 0 Å². The van der Waals surface area contributed by atoms with Crippen LogP contribution in [0.4, 0.5) is 0 Å². The van der Waals surface area contributed by atoms with Gasteiger partial charge in [-0.25, -0.2) is 0 Å². The van der Waals surface area contributed by atoms with Gasteiger partial charge in [0.1, 0.15) is 0 Å².